The van der Waals surface area contributed by atoms with Gasteiger partial charge in [-0.1, -0.05) is 146 Å². The summed E-state index contributed by atoms with van der Waals surface area (Å²) in [5, 5.41) is 9.64. The zero-order valence-corrected chi connectivity index (χ0v) is 32.0. The Morgan fingerprint density at radius 2 is 1.07 bits per heavy atom. The minimum absolute atomic E-state index is 0.614. The minimum Gasteiger partial charge on any atom is -0.436 e. The highest BCUT2D eigenvalue weighted by Gasteiger charge is 2.23. The first kappa shape index (κ1) is 33.2. The van der Waals surface area contributed by atoms with E-state index < -0.39 is 0 Å². The van der Waals surface area contributed by atoms with Gasteiger partial charge in [-0.2, -0.15) is 0 Å². The highest BCUT2D eigenvalue weighted by Crippen LogP contribution is 2.47. The van der Waals surface area contributed by atoms with Gasteiger partial charge in [0, 0.05) is 49.7 Å². The van der Waals surface area contributed by atoms with Crippen molar-refractivity contribution >= 4 is 82.3 Å². The highest BCUT2D eigenvalue weighted by molar-refractivity contribution is 6.23. The summed E-state index contributed by atoms with van der Waals surface area (Å²) in [5.74, 6) is 0.614. The number of benzene rings is 10. The Morgan fingerprint density at radius 1 is 0.424 bits per heavy atom. The quantitative estimate of drug-likeness (QED) is 0.159. The fraction of sp³-hybridized carbons (Fsp3) is 0. The fourth-order valence-electron chi connectivity index (χ4n) is 9.09. The number of hydrogen-bond donors (Lipinski definition) is 0. The summed E-state index contributed by atoms with van der Waals surface area (Å²) >= 11 is 0. The van der Waals surface area contributed by atoms with Crippen molar-refractivity contribution in [1.82, 2.24) is 9.55 Å². The molecular weight excluding hydrogens is 719 g/mol. The summed E-state index contributed by atoms with van der Waals surface area (Å²) in [5.41, 5.74) is 11.4. The van der Waals surface area contributed by atoms with E-state index in [2.05, 4.69) is 185 Å². The second-order valence-electron chi connectivity index (χ2n) is 15.1. The Kier molecular flexibility index (Phi) is 7.50. The Morgan fingerprint density at radius 3 is 1.92 bits per heavy atom. The van der Waals surface area contributed by atoms with Gasteiger partial charge in [0.05, 0.1) is 16.7 Å². The van der Waals surface area contributed by atoms with Crippen LogP contribution < -0.4 is 4.90 Å². The lowest BCUT2D eigenvalue weighted by molar-refractivity contribution is 0.620. The van der Waals surface area contributed by atoms with Crippen molar-refractivity contribution in [2.75, 3.05) is 4.90 Å². The molecule has 0 aliphatic heterocycles. The summed E-state index contributed by atoms with van der Waals surface area (Å²) in [6, 6.07) is 75.9. The predicted molar refractivity (Wildman–Crippen MR) is 246 cm³/mol. The molecule has 4 heteroatoms. The van der Waals surface area contributed by atoms with Crippen LogP contribution in [0.1, 0.15) is 0 Å². The van der Waals surface area contributed by atoms with E-state index in [1.807, 2.05) is 36.4 Å². The summed E-state index contributed by atoms with van der Waals surface area (Å²) in [7, 11) is 0. The molecule has 4 nitrogen and oxygen atoms in total. The molecule has 0 saturated carbocycles. The fourth-order valence-corrected chi connectivity index (χ4v) is 9.09. The third-order valence-corrected chi connectivity index (χ3v) is 11.8. The lowest BCUT2D eigenvalue weighted by Crippen LogP contribution is -2.11. The summed E-state index contributed by atoms with van der Waals surface area (Å²) in [6.45, 7) is 0. The molecule has 0 atom stereocenters. The van der Waals surface area contributed by atoms with Gasteiger partial charge >= 0.3 is 0 Å². The molecular formula is C55H35N3O. The maximum absolute atomic E-state index is 6.34. The number of para-hydroxylation sites is 3. The molecule has 12 aromatic rings. The minimum atomic E-state index is 0.614. The van der Waals surface area contributed by atoms with Crippen molar-refractivity contribution in [1.29, 1.82) is 0 Å². The number of rotatable bonds is 6. The maximum Gasteiger partial charge on any atom is 0.227 e. The van der Waals surface area contributed by atoms with Crippen LogP contribution in [0.25, 0.3) is 93.5 Å². The van der Waals surface area contributed by atoms with Gasteiger partial charge in [-0.3, -0.25) is 0 Å². The number of anilines is 3. The number of fused-ring (bicyclic) bond motifs is 9. The first-order valence-electron chi connectivity index (χ1n) is 20.0. The molecule has 0 radical (unpaired) electrons. The van der Waals surface area contributed by atoms with Crippen LogP contribution in [0.15, 0.2) is 217 Å². The van der Waals surface area contributed by atoms with Gasteiger partial charge in [0.25, 0.3) is 0 Å². The van der Waals surface area contributed by atoms with Crippen LogP contribution in [-0.2, 0) is 0 Å². The van der Waals surface area contributed by atoms with Crippen LogP contribution in [0.5, 0.6) is 0 Å². The van der Waals surface area contributed by atoms with Crippen molar-refractivity contribution in [3.05, 3.63) is 212 Å². The number of aromatic nitrogens is 2. The largest absolute Gasteiger partial charge is 0.436 e. The van der Waals surface area contributed by atoms with Gasteiger partial charge in [-0.15, -0.1) is 0 Å². The first-order valence-corrected chi connectivity index (χ1v) is 20.0. The Hall–Kier alpha value is -7.95. The topological polar surface area (TPSA) is 34.2 Å². The molecule has 0 amide bonds. The van der Waals surface area contributed by atoms with E-state index in [9.17, 15) is 0 Å². The number of nitrogens with zero attached hydrogens (tertiary/aromatic N) is 3. The number of oxazole rings is 1. The molecule has 0 unspecified atom stereocenters. The smallest absolute Gasteiger partial charge is 0.227 e. The van der Waals surface area contributed by atoms with Gasteiger partial charge < -0.3 is 13.9 Å². The van der Waals surface area contributed by atoms with Gasteiger partial charge in [-0.05, 0) is 93.8 Å². The van der Waals surface area contributed by atoms with E-state index >= 15 is 0 Å². The third-order valence-electron chi connectivity index (χ3n) is 11.8. The van der Waals surface area contributed by atoms with Crippen LogP contribution in [0.2, 0.25) is 0 Å². The van der Waals surface area contributed by atoms with E-state index in [0.29, 0.717) is 5.89 Å². The predicted octanol–water partition coefficient (Wildman–Crippen LogP) is 15.2. The molecule has 0 N–H and O–H groups in total. The van der Waals surface area contributed by atoms with Crippen LogP contribution in [-0.4, -0.2) is 9.55 Å². The van der Waals surface area contributed by atoms with E-state index in [1.165, 1.54) is 48.7 Å². The third kappa shape index (κ3) is 5.34. The van der Waals surface area contributed by atoms with E-state index in [-0.39, 0.29) is 0 Å². The van der Waals surface area contributed by atoms with Crippen LogP contribution in [0, 0.1) is 0 Å². The SMILES string of the molecule is c1ccc(-c2nc3c(-c4cccc(N(c5ccc6ccc7ccccc7c6c5)c5cc6c7ccccc7n(-c7ccccc7)c6c6ccccc56)c4)cccc3o2)cc1. The monoisotopic (exact) mass is 753 g/mol. The molecule has 0 bridgehead atoms. The second-order valence-corrected chi connectivity index (χ2v) is 15.1. The van der Waals surface area contributed by atoms with Crippen LogP contribution >= 0.6 is 0 Å². The molecule has 10 aromatic carbocycles. The van der Waals surface area contributed by atoms with E-state index in [1.54, 1.807) is 0 Å². The van der Waals surface area contributed by atoms with Crippen molar-refractivity contribution in [2.24, 2.45) is 0 Å². The van der Waals surface area contributed by atoms with Crippen LogP contribution in [0.4, 0.5) is 17.1 Å². The maximum atomic E-state index is 6.34. The van der Waals surface area contributed by atoms with Crippen molar-refractivity contribution in [2.45, 2.75) is 0 Å². The first-order chi connectivity index (χ1) is 29.3. The standard InChI is InChI=1S/C55H35N3O/c1-3-16-38(17-4-1)55-56-53-44(26-14-28-52(53)59-55)39-18-13-21-41(33-39)57(42-32-31-37-30-29-36-15-7-8-22-43(36)48(37)34-42)51-35-49-46-24-11-12-27-50(46)58(40-19-5-2-6-20-40)54(49)47-25-10-9-23-45(47)51/h1-35H. The molecule has 59 heavy (non-hydrogen) atoms. The molecule has 0 saturated heterocycles. The molecule has 0 aliphatic rings. The Bertz CT molecular complexity index is 3570. The number of hydrogen-bond acceptors (Lipinski definition) is 3. The summed E-state index contributed by atoms with van der Waals surface area (Å²) in [4.78, 5) is 7.51. The van der Waals surface area contributed by atoms with Crippen molar-refractivity contribution in [3.63, 3.8) is 0 Å². The average molecular weight is 754 g/mol. The van der Waals surface area contributed by atoms with E-state index in [0.717, 1.165) is 55.9 Å². The summed E-state index contributed by atoms with van der Waals surface area (Å²) in [6.07, 6.45) is 0. The van der Waals surface area contributed by atoms with Gasteiger partial charge in [0.15, 0.2) is 5.58 Å². The van der Waals surface area contributed by atoms with Crippen molar-refractivity contribution < 1.29 is 4.42 Å². The van der Waals surface area contributed by atoms with Crippen molar-refractivity contribution in [3.8, 4) is 28.3 Å². The molecule has 276 valence electrons. The molecule has 2 heterocycles. The zero-order chi connectivity index (χ0) is 38.9. The van der Waals surface area contributed by atoms with Gasteiger partial charge in [-0.25, -0.2) is 4.98 Å². The lowest BCUT2D eigenvalue weighted by atomic mass is 9.98. The Balaban J connectivity index is 1.14. The molecule has 12 rings (SSSR count). The van der Waals surface area contributed by atoms with E-state index in [4.69, 9.17) is 9.40 Å². The molecule has 0 aliphatic carbocycles. The average Bonchev–Trinajstić information content (AvgIpc) is 3.90. The Labute approximate surface area is 340 Å². The van der Waals surface area contributed by atoms with Crippen LogP contribution in [0.3, 0.4) is 0 Å². The zero-order valence-electron chi connectivity index (χ0n) is 32.0. The van der Waals surface area contributed by atoms with Gasteiger partial charge in [0.1, 0.15) is 5.52 Å². The molecule has 0 spiro atoms. The second kappa shape index (κ2) is 13.3. The molecule has 2 aromatic heterocycles. The summed E-state index contributed by atoms with van der Waals surface area (Å²) < 4.78 is 8.77. The highest BCUT2D eigenvalue weighted by atomic mass is 16.3. The normalized spacial score (nSPS) is 11.7. The van der Waals surface area contributed by atoms with Gasteiger partial charge in [0.2, 0.25) is 5.89 Å². The lowest BCUT2D eigenvalue weighted by Gasteiger charge is -2.28. The molecule has 0 fully saturated rings.